The molecule has 0 fully saturated rings. The van der Waals surface area contributed by atoms with Gasteiger partial charge in [-0.1, -0.05) is 27.7 Å². The minimum Gasteiger partial charge on any atom is -0.465 e. The fraction of sp³-hybridized carbons (Fsp3) is 0.833. The average Bonchev–Trinajstić information content (AvgIpc) is 2.28. The van der Waals surface area contributed by atoms with Gasteiger partial charge in [-0.15, -0.1) is 0 Å². The van der Waals surface area contributed by atoms with E-state index < -0.39 is 33.7 Å². The first-order valence-electron chi connectivity index (χ1n) is 6.32. The van der Waals surface area contributed by atoms with Gasteiger partial charge in [0.2, 0.25) is 0 Å². The third-order valence-electron chi connectivity index (χ3n) is 2.11. The Morgan fingerprint density at radius 1 is 1.00 bits per heavy atom. The summed E-state index contributed by atoms with van der Waals surface area (Å²) in [6, 6.07) is 0. The SMILES string of the molecule is CC(C)COC(=O)C[C@@H](C(=O)OCC(C)C)S(=O)(=O)O. The van der Waals surface area contributed by atoms with Gasteiger partial charge >= 0.3 is 11.9 Å². The largest absolute Gasteiger partial charge is 0.465 e. The maximum Gasteiger partial charge on any atom is 0.327 e. The van der Waals surface area contributed by atoms with Gasteiger partial charge in [-0.25, -0.2) is 0 Å². The highest BCUT2D eigenvalue weighted by atomic mass is 32.2. The smallest absolute Gasteiger partial charge is 0.327 e. The molecule has 0 bridgehead atoms. The Balaban J connectivity index is 4.67. The third-order valence-corrected chi connectivity index (χ3v) is 3.19. The lowest BCUT2D eigenvalue weighted by atomic mass is 10.2. The zero-order chi connectivity index (χ0) is 15.9. The van der Waals surface area contributed by atoms with E-state index >= 15 is 0 Å². The first-order valence-corrected chi connectivity index (χ1v) is 7.83. The maximum atomic E-state index is 11.6. The predicted molar refractivity (Wildman–Crippen MR) is 71.5 cm³/mol. The first-order chi connectivity index (χ1) is 9.04. The molecule has 20 heavy (non-hydrogen) atoms. The van der Waals surface area contributed by atoms with Crippen molar-refractivity contribution < 1.29 is 32.0 Å². The Hall–Kier alpha value is -1.15. The van der Waals surface area contributed by atoms with E-state index in [2.05, 4.69) is 0 Å². The molecular weight excluding hydrogens is 288 g/mol. The molecule has 8 heteroatoms. The number of hydrogen-bond donors (Lipinski definition) is 1. The highest BCUT2D eigenvalue weighted by Gasteiger charge is 2.35. The minimum absolute atomic E-state index is 0.00585. The van der Waals surface area contributed by atoms with E-state index in [1.807, 2.05) is 13.8 Å². The molecule has 0 rings (SSSR count). The molecule has 0 saturated carbocycles. The highest BCUT2D eigenvalue weighted by Crippen LogP contribution is 2.10. The second-order valence-electron chi connectivity index (χ2n) is 5.31. The Morgan fingerprint density at radius 3 is 1.85 bits per heavy atom. The van der Waals surface area contributed by atoms with Crippen molar-refractivity contribution >= 4 is 22.1 Å². The van der Waals surface area contributed by atoms with Gasteiger partial charge in [0.25, 0.3) is 10.1 Å². The Kier molecular flexibility index (Phi) is 7.74. The normalized spacial score (nSPS) is 13.3. The number of carbonyl (C=O) groups is 2. The summed E-state index contributed by atoms with van der Waals surface area (Å²) in [5.41, 5.74) is 0. The van der Waals surface area contributed by atoms with Crippen LogP contribution < -0.4 is 0 Å². The molecule has 0 aromatic rings. The number of carbonyl (C=O) groups excluding carboxylic acids is 2. The minimum atomic E-state index is -4.72. The van der Waals surface area contributed by atoms with Crippen LogP contribution in [0.4, 0.5) is 0 Å². The van der Waals surface area contributed by atoms with E-state index in [-0.39, 0.29) is 25.0 Å². The van der Waals surface area contributed by atoms with Gasteiger partial charge in [0, 0.05) is 0 Å². The number of esters is 2. The monoisotopic (exact) mass is 310 g/mol. The van der Waals surface area contributed by atoms with Crippen LogP contribution in [-0.2, 0) is 29.2 Å². The molecule has 0 aliphatic heterocycles. The number of rotatable bonds is 8. The summed E-state index contributed by atoms with van der Waals surface area (Å²) in [5, 5.41) is -1.94. The van der Waals surface area contributed by atoms with Gasteiger partial charge in [-0.3, -0.25) is 14.1 Å². The quantitative estimate of drug-likeness (QED) is 0.527. The van der Waals surface area contributed by atoms with Gasteiger partial charge in [0.15, 0.2) is 5.25 Å². The van der Waals surface area contributed by atoms with E-state index in [4.69, 9.17) is 14.0 Å². The third kappa shape index (κ3) is 8.11. The van der Waals surface area contributed by atoms with Gasteiger partial charge in [0.05, 0.1) is 19.6 Å². The van der Waals surface area contributed by atoms with Crippen molar-refractivity contribution in [3.05, 3.63) is 0 Å². The van der Waals surface area contributed by atoms with Crippen molar-refractivity contribution in [3.63, 3.8) is 0 Å². The van der Waals surface area contributed by atoms with Crippen molar-refractivity contribution in [2.24, 2.45) is 11.8 Å². The molecule has 0 heterocycles. The van der Waals surface area contributed by atoms with Gasteiger partial charge in [-0.05, 0) is 11.8 Å². The number of ether oxygens (including phenoxy) is 2. The second kappa shape index (κ2) is 8.21. The molecule has 0 saturated heterocycles. The molecule has 0 aromatic heterocycles. The van der Waals surface area contributed by atoms with Gasteiger partial charge in [-0.2, -0.15) is 8.42 Å². The van der Waals surface area contributed by atoms with Crippen LogP contribution in [0.25, 0.3) is 0 Å². The molecule has 1 atom stereocenters. The summed E-state index contributed by atoms with van der Waals surface area (Å²) in [6.07, 6.45) is -0.761. The topological polar surface area (TPSA) is 107 Å². The molecule has 0 spiro atoms. The first kappa shape index (κ1) is 18.9. The van der Waals surface area contributed by atoms with Crippen LogP contribution in [0.1, 0.15) is 34.1 Å². The Morgan fingerprint density at radius 2 is 1.45 bits per heavy atom. The fourth-order valence-corrected chi connectivity index (χ4v) is 1.78. The van der Waals surface area contributed by atoms with Gasteiger partial charge in [0.1, 0.15) is 0 Å². The lowest BCUT2D eigenvalue weighted by Gasteiger charge is -2.14. The van der Waals surface area contributed by atoms with E-state index in [0.717, 1.165) is 0 Å². The molecule has 0 radical (unpaired) electrons. The van der Waals surface area contributed by atoms with Crippen LogP contribution >= 0.6 is 0 Å². The zero-order valence-corrected chi connectivity index (χ0v) is 13.0. The second-order valence-corrected chi connectivity index (χ2v) is 6.91. The van der Waals surface area contributed by atoms with Crippen LogP contribution in [0.3, 0.4) is 0 Å². The molecule has 0 aliphatic rings. The summed E-state index contributed by atoms with van der Waals surface area (Å²) in [6.45, 7) is 7.28. The Bertz CT molecular complexity index is 425. The lowest BCUT2D eigenvalue weighted by Crippen LogP contribution is -2.35. The van der Waals surface area contributed by atoms with E-state index in [1.54, 1.807) is 13.8 Å². The average molecular weight is 310 g/mol. The number of hydrogen-bond acceptors (Lipinski definition) is 6. The summed E-state index contributed by atoms with van der Waals surface area (Å²) < 4.78 is 40.8. The summed E-state index contributed by atoms with van der Waals surface area (Å²) in [7, 11) is -4.72. The van der Waals surface area contributed by atoms with Gasteiger partial charge < -0.3 is 9.47 Å². The molecule has 118 valence electrons. The van der Waals surface area contributed by atoms with Crippen LogP contribution in [0.2, 0.25) is 0 Å². The summed E-state index contributed by atoms with van der Waals surface area (Å²) >= 11 is 0. The molecule has 0 unspecified atom stereocenters. The molecule has 0 aliphatic carbocycles. The maximum absolute atomic E-state index is 11.6. The van der Waals surface area contributed by atoms with Crippen LogP contribution in [-0.4, -0.2) is 43.4 Å². The summed E-state index contributed by atoms with van der Waals surface area (Å²) in [5.74, 6) is -1.93. The predicted octanol–water partition coefficient (Wildman–Crippen LogP) is 1.03. The van der Waals surface area contributed by atoms with E-state index in [9.17, 15) is 18.0 Å². The molecule has 1 N–H and O–H groups in total. The standard InChI is InChI=1S/C12H22O7S/c1-8(2)6-18-11(13)5-10(20(15,16)17)12(14)19-7-9(3)4/h8-10H,5-7H2,1-4H3,(H,15,16,17)/t10-/m0/s1. The van der Waals surface area contributed by atoms with Crippen molar-refractivity contribution in [1.82, 2.24) is 0 Å². The fourth-order valence-electron chi connectivity index (χ4n) is 1.12. The van der Waals surface area contributed by atoms with Crippen molar-refractivity contribution in [2.75, 3.05) is 13.2 Å². The van der Waals surface area contributed by atoms with Crippen molar-refractivity contribution in [3.8, 4) is 0 Å². The summed E-state index contributed by atoms with van der Waals surface area (Å²) in [4.78, 5) is 23.0. The van der Waals surface area contributed by atoms with Crippen molar-refractivity contribution in [1.29, 1.82) is 0 Å². The molecular formula is C12H22O7S. The van der Waals surface area contributed by atoms with E-state index in [0.29, 0.717) is 0 Å². The van der Waals surface area contributed by atoms with Crippen LogP contribution in [0, 0.1) is 11.8 Å². The zero-order valence-electron chi connectivity index (χ0n) is 12.2. The molecule has 7 nitrogen and oxygen atoms in total. The Labute approximate surface area is 119 Å². The lowest BCUT2D eigenvalue weighted by molar-refractivity contribution is -0.151. The van der Waals surface area contributed by atoms with E-state index in [1.165, 1.54) is 0 Å². The highest BCUT2D eigenvalue weighted by molar-refractivity contribution is 7.87. The van der Waals surface area contributed by atoms with Crippen molar-refractivity contribution in [2.45, 2.75) is 39.4 Å². The van der Waals surface area contributed by atoms with Crippen LogP contribution in [0.15, 0.2) is 0 Å². The molecule has 0 aromatic carbocycles. The molecule has 0 amide bonds. The van der Waals surface area contributed by atoms with Crippen LogP contribution in [0.5, 0.6) is 0 Å².